The molecule has 20 heavy (non-hydrogen) atoms. The van der Waals surface area contributed by atoms with Crippen molar-refractivity contribution in [1.29, 1.82) is 0 Å². The van der Waals surface area contributed by atoms with Crippen LogP contribution in [0.4, 0.5) is 0 Å². The fraction of sp³-hybridized carbons (Fsp3) is 0.278. The molecule has 0 aliphatic heterocycles. The SMILES string of the molecule is CC(C)[C@@](C)(NC(=O)c1ccccc1)c1ccccc1. The summed E-state index contributed by atoms with van der Waals surface area (Å²) >= 11 is 0. The van der Waals surface area contributed by atoms with Gasteiger partial charge in [0.05, 0.1) is 5.54 Å². The van der Waals surface area contributed by atoms with Gasteiger partial charge < -0.3 is 5.32 Å². The van der Waals surface area contributed by atoms with E-state index in [1.165, 1.54) is 0 Å². The van der Waals surface area contributed by atoms with Crippen molar-refractivity contribution in [3.8, 4) is 0 Å². The van der Waals surface area contributed by atoms with Crippen molar-refractivity contribution < 1.29 is 4.79 Å². The first-order valence-corrected chi connectivity index (χ1v) is 6.97. The van der Waals surface area contributed by atoms with Gasteiger partial charge in [-0.2, -0.15) is 0 Å². The highest BCUT2D eigenvalue weighted by molar-refractivity contribution is 5.94. The Kier molecular flexibility index (Phi) is 4.23. The van der Waals surface area contributed by atoms with Gasteiger partial charge in [0.2, 0.25) is 0 Å². The zero-order valence-electron chi connectivity index (χ0n) is 12.3. The van der Waals surface area contributed by atoms with Crippen LogP contribution in [0.2, 0.25) is 0 Å². The molecule has 0 aliphatic carbocycles. The third-order valence-corrected chi connectivity index (χ3v) is 3.94. The van der Waals surface area contributed by atoms with Crippen LogP contribution in [0.1, 0.15) is 36.7 Å². The fourth-order valence-electron chi connectivity index (χ4n) is 2.23. The molecule has 0 saturated carbocycles. The molecule has 1 N–H and O–H groups in total. The molecule has 2 heteroatoms. The van der Waals surface area contributed by atoms with Crippen LogP contribution >= 0.6 is 0 Å². The van der Waals surface area contributed by atoms with Gasteiger partial charge in [-0.15, -0.1) is 0 Å². The summed E-state index contributed by atoms with van der Waals surface area (Å²) < 4.78 is 0. The lowest BCUT2D eigenvalue weighted by atomic mass is 9.81. The van der Waals surface area contributed by atoms with Gasteiger partial charge in [0.1, 0.15) is 0 Å². The van der Waals surface area contributed by atoms with Crippen LogP contribution < -0.4 is 5.32 Å². The molecule has 0 saturated heterocycles. The van der Waals surface area contributed by atoms with Gasteiger partial charge >= 0.3 is 0 Å². The standard InChI is InChI=1S/C18H21NO/c1-14(2)18(3,16-12-8-5-9-13-16)19-17(20)15-10-6-4-7-11-15/h4-14H,1-3H3,(H,19,20)/t18-/m1/s1. The molecule has 1 amide bonds. The first kappa shape index (κ1) is 14.3. The minimum Gasteiger partial charge on any atom is -0.343 e. The molecule has 2 nitrogen and oxygen atoms in total. The van der Waals surface area contributed by atoms with Crippen molar-refractivity contribution in [2.45, 2.75) is 26.3 Å². The maximum atomic E-state index is 12.4. The van der Waals surface area contributed by atoms with Crippen molar-refractivity contribution in [1.82, 2.24) is 5.32 Å². The van der Waals surface area contributed by atoms with Crippen LogP contribution in [0.5, 0.6) is 0 Å². The first-order chi connectivity index (χ1) is 9.54. The number of amides is 1. The predicted molar refractivity (Wildman–Crippen MR) is 82.5 cm³/mol. The van der Waals surface area contributed by atoms with E-state index < -0.39 is 0 Å². The molecule has 0 fully saturated rings. The van der Waals surface area contributed by atoms with E-state index in [1.54, 1.807) is 0 Å². The normalized spacial score (nSPS) is 13.8. The summed E-state index contributed by atoms with van der Waals surface area (Å²) in [6, 6.07) is 19.5. The van der Waals surface area contributed by atoms with Crippen LogP contribution in [0.25, 0.3) is 0 Å². The highest BCUT2D eigenvalue weighted by atomic mass is 16.1. The third-order valence-electron chi connectivity index (χ3n) is 3.94. The molecule has 0 aromatic heterocycles. The lowest BCUT2D eigenvalue weighted by Gasteiger charge is -2.35. The summed E-state index contributed by atoms with van der Waals surface area (Å²) in [5.41, 5.74) is 1.43. The molecule has 0 radical (unpaired) electrons. The minimum absolute atomic E-state index is 0.0364. The van der Waals surface area contributed by atoms with Gasteiger partial charge in [-0.1, -0.05) is 62.4 Å². The summed E-state index contributed by atoms with van der Waals surface area (Å²) in [6.07, 6.45) is 0. The van der Waals surface area contributed by atoms with E-state index in [2.05, 4.69) is 38.2 Å². The number of carbonyl (C=O) groups is 1. The molecule has 104 valence electrons. The Bertz CT molecular complexity index is 562. The van der Waals surface area contributed by atoms with Crippen molar-refractivity contribution in [3.63, 3.8) is 0 Å². The maximum absolute atomic E-state index is 12.4. The number of carbonyl (C=O) groups excluding carboxylic acids is 1. The van der Waals surface area contributed by atoms with E-state index in [4.69, 9.17) is 0 Å². The second kappa shape index (κ2) is 5.91. The average molecular weight is 267 g/mol. The van der Waals surface area contributed by atoms with Gasteiger partial charge in [-0.25, -0.2) is 0 Å². The molecule has 0 unspecified atom stereocenters. The molecule has 2 aromatic rings. The smallest absolute Gasteiger partial charge is 0.251 e. The predicted octanol–water partition coefficient (Wildman–Crippen LogP) is 3.99. The van der Waals surface area contributed by atoms with Crippen molar-refractivity contribution in [2.24, 2.45) is 5.92 Å². The van der Waals surface area contributed by atoms with Gasteiger partial charge in [0, 0.05) is 5.56 Å². The number of rotatable bonds is 4. The van der Waals surface area contributed by atoms with Gasteiger partial charge in [-0.3, -0.25) is 4.79 Å². The minimum atomic E-state index is -0.381. The van der Waals surface area contributed by atoms with Crippen molar-refractivity contribution >= 4 is 5.91 Å². The quantitative estimate of drug-likeness (QED) is 0.891. The number of hydrogen-bond donors (Lipinski definition) is 1. The van der Waals surface area contributed by atoms with E-state index in [1.807, 2.05) is 48.5 Å². The summed E-state index contributed by atoms with van der Waals surface area (Å²) in [5, 5.41) is 3.19. The Balaban J connectivity index is 2.29. The third kappa shape index (κ3) is 2.90. The molecular formula is C18H21NO. The molecular weight excluding hydrogens is 246 g/mol. The number of hydrogen-bond acceptors (Lipinski definition) is 1. The van der Waals surface area contributed by atoms with Crippen molar-refractivity contribution in [2.75, 3.05) is 0 Å². The summed E-state index contributed by atoms with van der Waals surface area (Å²) in [7, 11) is 0. The van der Waals surface area contributed by atoms with Crippen LogP contribution in [0.3, 0.4) is 0 Å². The van der Waals surface area contributed by atoms with E-state index in [9.17, 15) is 4.79 Å². The van der Waals surface area contributed by atoms with Crippen LogP contribution in [-0.2, 0) is 5.54 Å². The van der Waals surface area contributed by atoms with Crippen LogP contribution in [-0.4, -0.2) is 5.91 Å². The molecule has 2 aromatic carbocycles. The summed E-state index contributed by atoms with van der Waals surface area (Å²) in [5.74, 6) is 0.253. The molecule has 0 aliphatic rings. The van der Waals surface area contributed by atoms with Crippen LogP contribution in [0.15, 0.2) is 60.7 Å². The monoisotopic (exact) mass is 267 g/mol. The summed E-state index contributed by atoms with van der Waals surface area (Å²) in [6.45, 7) is 6.32. The number of benzene rings is 2. The maximum Gasteiger partial charge on any atom is 0.251 e. The topological polar surface area (TPSA) is 29.1 Å². The second-order valence-electron chi connectivity index (χ2n) is 5.54. The molecule has 0 heterocycles. The molecule has 0 bridgehead atoms. The Morgan fingerprint density at radius 1 is 0.950 bits per heavy atom. The molecule has 0 spiro atoms. The Hall–Kier alpha value is -2.09. The highest BCUT2D eigenvalue weighted by Gasteiger charge is 2.32. The Labute approximate surface area is 120 Å². The van der Waals surface area contributed by atoms with Gasteiger partial charge in [0.15, 0.2) is 0 Å². The van der Waals surface area contributed by atoms with Gasteiger partial charge in [0.25, 0.3) is 5.91 Å². The van der Waals surface area contributed by atoms with E-state index >= 15 is 0 Å². The lowest BCUT2D eigenvalue weighted by molar-refractivity contribution is 0.0876. The molecule has 1 atom stereocenters. The molecule has 2 rings (SSSR count). The van der Waals surface area contributed by atoms with Crippen LogP contribution in [0, 0.1) is 5.92 Å². The van der Waals surface area contributed by atoms with E-state index in [0.717, 1.165) is 5.56 Å². The van der Waals surface area contributed by atoms with Crippen molar-refractivity contribution in [3.05, 3.63) is 71.8 Å². The van der Waals surface area contributed by atoms with Gasteiger partial charge in [-0.05, 0) is 30.5 Å². The fourth-order valence-corrected chi connectivity index (χ4v) is 2.23. The van der Waals surface area contributed by atoms with E-state index in [0.29, 0.717) is 5.56 Å². The largest absolute Gasteiger partial charge is 0.343 e. The average Bonchev–Trinajstić information content (AvgIpc) is 2.48. The number of nitrogens with one attached hydrogen (secondary N) is 1. The Morgan fingerprint density at radius 3 is 1.95 bits per heavy atom. The Morgan fingerprint density at radius 2 is 1.45 bits per heavy atom. The first-order valence-electron chi connectivity index (χ1n) is 6.97. The highest BCUT2D eigenvalue weighted by Crippen LogP contribution is 2.29. The zero-order valence-corrected chi connectivity index (χ0v) is 12.3. The lowest BCUT2D eigenvalue weighted by Crippen LogP contribution is -2.47. The van der Waals surface area contributed by atoms with E-state index in [-0.39, 0.29) is 17.4 Å². The zero-order chi connectivity index (χ0) is 14.6. The second-order valence-corrected chi connectivity index (χ2v) is 5.54. The summed E-state index contributed by atoms with van der Waals surface area (Å²) in [4.78, 5) is 12.4.